The number of hydrogen-bond donors (Lipinski definition) is 1. The van der Waals surface area contributed by atoms with Crippen LogP contribution in [0.5, 0.6) is 0 Å². The van der Waals surface area contributed by atoms with Gasteiger partial charge >= 0.3 is 0 Å². The van der Waals surface area contributed by atoms with Crippen molar-refractivity contribution in [3.05, 3.63) is 35.1 Å². The van der Waals surface area contributed by atoms with Gasteiger partial charge in [-0.15, -0.1) is 0 Å². The summed E-state index contributed by atoms with van der Waals surface area (Å²) in [6.07, 6.45) is 0.276. The predicted octanol–water partition coefficient (Wildman–Crippen LogP) is 1.55. The lowest BCUT2D eigenvalue weighted by molar-refractivity contribution is 0.242. The van der Waals surface area contributed by atoms with Gasteiger partial charge in [-0.05, 0) is 6.42 Å². The summed E-state index contributed by atoms with van der Waals surface area (Å²) in [4.78, 5) is 2.14. The molecule has 1 aromatic rings. The first-order valence-electron chi connectivity index (χ1n) is 5.73. The van der Waals surface area contributed by atoms with Gasteiger partial charge in [-0.3, -0.25) is 0 Å². The van der Waals surface area contributed by atoms with Crippen LogP contribution in [0.1, 0.15) is 5.56 Å². The van der Waals surface area contributed by atoms with Gasteiger partial charge in [0.2, 0.25) is 0 Å². The van der Waals surface area contributed by atoms with E-state index in [0.717, 1.165) is 38.3 Å². The van der Waals surface area contributed by atoms with Crippen LogP contribution in [-0.4, -0.2) is 37.6 Å². The highest BCUT2D eigenvalue weighted by molar-refractivity contribution is 5.21. The average molecular weight is 244 g/mol. The summed E-state index contributed by atoms with van der Waals surface area (Å²) in [6, 6.07) is 1.46. The summed E-state index contributed by atoms with van der Waals surface area (Å²) in [7, 11) is 0. The van der Waals surface area contributed by atoms with E-state index in [4.69, 9.17) is 0 Å². The molecular formula is C12H15F3N2. The highest BCUT2D eigenvalue weighted by Crippen LogP contribution is 2.15. The Kier molecular flexibility index (Phi) is 4.02. The predicted molar refractivity (Wildman–Crippen MR) is 59.3 cm³/mol. The molecule has 1 aromatic carbocycles. The van der Waals surface area contributed by atoms with Crippen molar-refractivity contribution >= 4 is 0 Å². The van der Waals surface area contributed by atoms with E-state index in [1.165, 1.54) is 0 Å². The molecule has 0 aromatic heterocycles. The van der Waals surface area contributed by atoms with E-state index < -0.39 is 17.5 Å². The fraction of sp³-hybridized carbons (Fsp3) is 0.500. The topological polar surface area (TPSA) is 15.3 Å². The Morgan fingerprint density at radius 3 is 2.24 bits per heavy atom. The number of benzene rings is 1. The maximum absolute atomic E-state index is 13.4. The Bertz CT molecular complexity index is 366. The maximum atomic E-state index is 13.4. The van der Waals surface area contributed by atoms with Gasteiger partial charge in [-0.2, -0.15) is 0 Å². The van der Waals surface area contributed by atoms with E-state index >= 15 is 0 Å². The van der Waals surface area contributed by atoms with Crippen molar-refractivity contribution in [2.45, 2.75) is 6.42 Å². The lowest BCUT2D eigenvalue weighted by Gasteiger charge is -2.27. The van der Waals surface area contributed by atoms with Crippen LogP contribution in [0, 0.1) is 17.5 Å². The number of halogens is 3. The van der Waals surface area contributed by atoms with Gasteiger partial charge in [-0.25, -0.2) is 13.2 Å². The third-order valence-corrected chi connectivity index (χ3v) is 2.99. The van der Waals surface area contributed by atoms with E-state index in [9.17, 15) is 13.2 Å². The van der Waals surface area contributed by atoms with Crippen molar-refractivity contribution in [3.63, 3.8) is 0 Å². The summed E-state index contributed by atoms with van der Waals surface area (Å²) < 4.78 is 39.4. The fourth-order valence-corrected chi connectivity index (χ4v) is 2.02. The number of rotatable bonds is 3. The molecule has 0 saturated carbocycles. The van der Waals surface area contributed by atoms with Crippen LogP contribution >= 0.6 is 0 Å². The molecule has 5 heteroatoms. The van der Waals surface area contributed by atoms with Crippen LogP contribution < -0.4 is 5.32 Å². The molecule has 0 unspecified atom stereocenters. The zero-order valence-corrected chi connectivity index (χ0v) is 9.48. The number of hydrogen-bond acceptors (Lipinski definition) is 2. The quantitative estimate of drug-likeness (QED) is 0.868. The molecule has 0 atom stereocenters. The van der Waals surface area contributed by atoms with Crippen LogP contribution in [0.15, 0.2) is 12.1 Å². The van der Waals surface area contributed by atoms with Gasteiger partial charge in [0.15, 0.2) is 0 Å². The van der Waals surface area contributed by atoms with Gasteiger partial charge in [0.25, 0.3) is 0 Å². The van der Waals surface area contributed by atoms with E-state index in [0.29, 0.717) is 6.54 Å². The minimum atomic E-state index is -0.870. The van der Waals surface area contributed by atoms with Crippen molar-refractivity contribution in [3.8, 4) is 0 Å². The van der Waals surface area contributed by atoms with Crippen molar-refractivity contribution in [1.82, 2.24) is 10.2 Å². The van der Waals surface area contributed by atoms with E-state index in [-0.39, 0.29) is 12.0 Å². The first-order valence-corrected chi connectivity index (χ1v) is 5.73. The second-order valence-electron chi connectivity index (χ2n) is 4.19. The van der Waals surface area contributed by atoms with Gasteiger partial charge in [0, 0.05) is 50.4 Å². The molecule has 2 nitrogen and oxygen atoms in total. The molecule has 0 radical (unpaired) electrons. The summed E-state index contributed by atoms with van der Waals surface area (Å²) >= 11 is 0. The SMILES string of the molecule is Fc1cc(F)c(CCN2CCNCC2)c(F)c1. The molecule has 1 saturated heterocycles. The first kappa shape index (κ1) is 12.4. The zero-order chi connectivity index (χ0) is 12.3. The number of nitrogens with zero attached hydrogens (tertiary/aromatic N) is 1. The van der Waals surface area contributed by atoms with E-state index in [1.54, 1.807) is 0 Å². The molecule has 0 spiro atoms. The Hall–Kier alpha value is -1.07. The molecule has 1 N–H and O–H groups in total. The summed E-state index contributed by atoms with van der Waals surface area (Å²) in [5.74, 6) is -2.46. The van der Waals surface area contributed by atoms with E-state index in [1.807, 2.05) is 0 Å². The third-order valence-electron chi connectivity index (χ3n) is 2.99. The molecule has 1 fully saturated rings. The monoisotopic (exact) mass is 244 g/mol. The second kappa shape index (κ2) is 5.51. The highest BCUT2D eigenvalue weighted by Gasteiger charge is 2.14. The molecule has 2 rings (SSSR count). The molecule has 94 valence electrons. The van der Waals surface area contributed by atoms with Gasteiger partial charge < -0.3 is 10.2 Å². The average Bonchev–Trinajstić information content (AvgIpc) is 2.29. The van der Waals surface area contributed by atoms with Crippen LogP contribution in [0.4, 0.5) is 13.2 Å². The van der Waals surface area contributed by atoms with Crippen LogP contribution in [0.25, 0.3) is 0 Å². The largest absolute Gasteiger partial charge is 0.314 e. The van der Waals surface area contributed by atoms with Crippen molar-refractivity contribution in [2.24, 2.45) is 0 Å². The lowest BCUT2D eigenvalue weighted by Crippen LogP contribution is -2.44. The van der Waals surface area contributed by atoms with Crippen LogP contribution in [-0.2, 0) is 6.42 Å². The molecule has 1 heterocycles. The first-order chi connectivity index (χ1) is 8.16. The smallest absolute Gasteiger partial charge is 0.132 e. The maximum Gasteiger partial charge on any atom is 0.132 e. The summed E-state index contributed by atoms with van der Waals surface area (Å²) in [6.45, 7) is 4.15. The minimum Gasteiger partial charge on any atom is -0.314 e. The summed E-state index contributed by atoms with van der Waals surface area (Å²) in [5, 5.41) is 3.20. The Labute approximate surface area is 98.4 Å². The Balaban J connectivity index is 1.98. The molecular weight excluding hydrogens is 229 g/mol. The highest BCUT2D eigenvalue weighted by atomic mass is 19.1. The Morgan fingerprint density at radius 2 is 1.65 bits per heavy atom. The zero-order valence-electron chi connectivity index (χ0n) is 9.48. The molecule has 1 aliphatic heterocycles. The molecule has 0 aliphatic carbocycles. The molecule has 17 heavy (non-hydrogen) atoms. The minimum absolute atomic E-state index is 0.0232. The standard InChI is InChI=1S/C12H15F3N2/c13-9-7-11(14)10(12(15)8-9)1-4-17-5-2-16-3-6-17/h7-8,16H,1-6H2. The number of piperazine rings is 1. The molecule has 0 amide bonds. The van der Waals surface area contributed by atoms with Crippen LogP contribution in [0.3, 0.4) is 0 Å². The lowest BCUT2D eigenvalue weighted by atomic mass is 10.1. The Morgan fingerprint density at radius 1 is 1.06 bits per heavy atom. The van der Waals surface area contributed by atoms with Crippen molar-refractivity contribution in [1.29, 1.82) is 0 Å². The third kappa shape index (κ3) is 3.20. The van der Waals surface area contributed by atoms with Gasteiger partial charge in [0.1, 0.15) is 17.5 Å². The van der Waals surface area contributed by atoms with Gasteiger partial charge in [-0.1, -0.05) is 0 Å². The molecule has 0 bridgehead atoms. The normalized spacial score (nSPS) is 17.4. The van der Waals surface area contributed by atoms with Crippen molar-refractivity contribution in [2.75, 3.05) is 32.7 Å². The van der Waals surface area contributed by atoms with E-state index in [2.05, 4.69) is 10.2 Å². The number of nitrogens with one attached hydrogen (secondary N) is 1. The molecule has 1 aliphatic rings. The van der Waals surface area contributed by atoms with Gasteiger partial charge in [0.05, 0.1) is 0 Å². The van der Waals surface area contributed by atoms with Crippen LogP contribution in [0.2, 0.25) is 0 Å². The van der Waals surface area contributed by atoms with Crippen molar-refractivity contribution < 1.29 is 13.2 Å². The second-order valence-corrected chi connectivity index (χ2v) is 4.19. The summed E-state index contributed by atoms with van der Waals surface area (Å²) in [5.41, 5.74) is -0.0232. The fourth-order valence-electron chi connectivity index (χ4n) is 2.02.